The smallest absolute Gasteiger partial charge is 0.239 e. The fourth-order valence-electron chi connectivity index (χ4n) is 2.08. The van der Waals surface area contributed by atoms with Crippen molar-refractivity contribution in [3.05, 3.63) is 16.6 Å². The zero-order chi connectivity index (χ0) is 14.6. The summed E-state index contributed by atoms with van der Waals surface area (Å²) in [5.41, 5.74) is -0.304. The van der Waals surface area contributed by atoms with Gasteiger partial charge in [-0.2, -0.15) is 0 Å². The van der Waals surface area contributed by atoms with E-state index >= 15 is 0 Å². The second-order valence-corrected chi connectivity index (χ2v) is 5.94. The maximum absolute atomic E-state index is 12.1. The van der Waals surface area contributed by atoms with Gasteiger partial charge in [-0.1, -0.05) is 6.92 Å². The highest BCUT2D eigenvalue weighted by Gasteiger charge is 2.29. The predicted molar refractivity (Wildman–Crippen MR) is 77.3 cm³/mol. The van der Waals surface area contributed by atoms with Crippen molar-refractivity contribution >= 4 is 23.2 Å². The van der Waals surface area contributed by atoms with Crippen molar-refractivity contribution in [2.24, 2.45) is 0 Å². The highest BCUT2D eigenvalue weighted by atomic mass is 32.1. The first-order valence-electron chi connectivity index (χ1n) is 6.74. The summed E-state index contributed by atoms with van der Waals surface area (Å²) in [5.74, 6) is -0.140. The third-order valence-corrected chi connectivity index (χ3v) is 4.67. The zero-order valence-electron chi connectivity index (χ0n) is 11.8. The van der Waals surface area contributed by atoms with E-state index in [1.165, 1.54) is 0 Å². The van der Waals surface area contributed by atoms with E-state index in [0.717, 1.165) is 11.4 Å². The average Bonchev–Trinajstić information content (AvgIpc) is 2.99. The topological polar surface area (TPSA) is 74.3 Å². The van der Waals surface area contributed by atoms with Crippen molar-refractivity contribution in [2.45, 2.75) is 25.8 Å². The number of amides is 2. The van der Waals surface area contributed by atoms with Crippen LogP contribution in [0.3, 0.4) is 0 Å². The van der Waals surface area contributed by atoms with Crippen LogP contribution in [0.25, 0.3) is 0 Å². The molecule has 2 amide bonds. The van der Waals surface area contributed by atoms with Crippen LogP contribution < -0.4 is 10.6 Å². The standard InChI is InChI=1S/C13H20N4O2S/c1-3-13(2,12-15-5-7-20-12)16-8-11(19)17-6-4-14-10(18)9-17/h5,7,16H,3-4,6,8-9H2,1-2H3,(H,14,18)/t13-/m1/s1. The highest BCUT2D eigenvalue weighted by molar-refractivity contribution is 7.09. The minimum absolute atomic E-state index is 0.0453. The normalized spacial score (nSPS) is 18.5. The van der Waals surface area contributed by atoms with E-state index in [2.05, 4.69) is 22.5 Å². The molecule has 0 radical (unpaired) electrons. The lowest BCUT2D eigenvalue weighted by Crippen LogP contribution is -2.53. The van der Waals surface area contributed by atoms with Crippen LogP contribution in [-0.4, -0.2) is 47.9 Å². The molecule has 7 heteroatoms. The van der Waals surface area contributed by atoms with E-state index in [-0.39, 0.29) is 30.4 Å². The van der Waals surface area contributed by atoms with Gasteiger partial charge in [0.25, 0.3) is 0 Å². The minimum Gasteiger partial charge on any atom is -0.353 e. The first kappa shape index (κ1) is 14.9. The van der Waals surface area contributed by atoms with Crippen molar-refractivity contribution < 1.29 is 9.59 Å². The monoisotopic (exact) mass is 296 g/mol. The lowest BCUT2D eigenvalue weighted by molar-refractivity contribution is -0.137. The zero-order valence-corrected chi connectivity index (χ0v) is 12.6. The molecule has 110 valence electrons. The van der Waals surface area contributed by atoms with Crippen molar-refractivity contribution in [3.63, 3.8) is 0 Å². The van der Waals surface area contributed by atoms with Crippen molar-refractivity contribution in [3.8, 4) is 0 Å². The molecule has 1 saturated heterocycles. The number of hydrogen-bond donors (Lipinski definition) is 2. The first-order valence-corrected chi connectivity index (χ1v) is 7.62. The Morgan fingerprint density at radius 2 is 2.45 bits per heavy atom. The largest absolute Gasteiger partial charge is 0.353 e. The van der Waals surface area contributed by atoms with Gasteiger partial charge in [0.15, 0.2) is 0 Å². The fraction of sp³-hybridized carbons (Fsp3) is 0.615. The van der Waals surface area contributed by atoms with Crippen LogP contribution in [0.1, 0.15) is 25.3 Å². The number of nitrogens with one attached hydrogen (secondary N) is 2. The maximum Gasteiger partial charge on any atom is 0.239 e. The predicted octanol–water partition coefficient (Wildman–Crippen LogP) is 0.316. The first-order chi connectivity index (χ1) is 9.55. The van der Waals surface area contributed by atoms with Crippen molar-refractivity contribution in [1.29, 1.82) is 0 Å². The van der Waals surface area contributed by atoms with Crippen molar-refractivity contribution in [1.82, 2.24) is 20.5 Å². The van der Waals surface area contributed by atoms with Crippen LogP contribution in [0.15, 0.2) is 11.6 Å². The van der Waals surface area contributed by atoms with E-state index in [4.69, 9.17) is 0 Å². The molecule has 0 unspecified atom stereocenters. The second kappa shape index (κ2) is 6.32. The Kier molecular flexibility index (Phi) is 4.72. The lowest BCUT2D eigenvalue weighted by Gasteiger charge is -2.31. The Hall–Kier alpha value is -1.47. The Morgan fingerprint density at radius 1 is 1.65 bits per heavy atom. The third-order valence-electron chi connectivity index (χ3n) is 3.63. The lowest BCUT2D eigenvalue weighted by atomic mass is 10.00. The van der Waals surface area contributed by atoms with Gasteiger partial charge in [-0.3, -0.25) is 14.9 Å². The summed E-state index contributed by atoms with van der Waals surface area (Å²) in [6.45, 7) is 5.58. The molecular weight excluding hydrogens is 276 g/mol. The maximum atomic E-state index is 12.1. The van der Waals surface area contributed by atoms with E-state index in [1.54, 1.807) is 22.4 Å². The number of aromatic nitrogens is 1. The van der Waals surface area contributed by atoms with E-state index < -0.39 is 0 Å². The number of piperazine rings is 1. The van der Waals surface area contributed by atoms with Gasteiger partial charge in [-0.15, -0.1) is 11.3 Å². The molecule has 2 rings (SSSR count). The number of carbonyl (C=O) groups is 2. The molecule has 1 fully saturated rings. The van der Waals surface area contributed by atoms with Gasteiger partial charge in [-0.05, 0) is 13.3 Å². The molecular formula is C13H20N4O2S. The quantitative estimate of drug-likeness (QED) is 0.820. The van der Waals surface area contributed by atoms with Gasteiger partial charge in [0, 0.05) is 24.7 Å². The molecule has 0 aliphatic carbocycles. The summed E-state index contributed by atoms with van der Waals surface area (Å²) in [6.07, 6.45) is 2.61. The number of hydrogen-bond acceptors (Lipinski definition) is 5. The highest BCUT2D eigenvalue weighted by Crippen LogP contribution is 2.25. The minimum atomic E-state index is -0.304. The van der Waals surface area contributed by atoms with Crippen LogP contribution in [0.2, 0.25) is 0 Å². The van der Waals surface area contributed by atoms with E-state index in [9.17, 15) is 9.59 Å². The average molecular weight is 296 g/mol. The van der Waals surface area contributed by atoms with Gasteiger partial charge in [0.2, 0.25) is 11.8 Å². The summed E-state index contributed by atoms with van der Waals surface area (Å²) >= 11 is 1.58. The van der Waals surface area contributed by atoms with Crippen LogP contribution in [0.4, 0.5) is 0 Å². The summed E-state index contributed by atoms with van der Waals surface area (Å²) in [5, 5.41) is 8.90. The Labute approximate surface area is 122 Å². The molecule has 1 aliphatic heterocycles. The molecule has 0 spiro atoms. The number of thiazole rings is 1. The Balaban J connectivity index is 1.93. The number of carbonyl (C=O) groups excluding carboxylic acids is 2. The summed E-state index contributed by atoms with van der Waals surface area (Å²) in [7, 11) is 0. The molecule has 0 bridgehead atoms. The molecule has 0 aromatic carbocycles. The molecule has 2 N–H and O–H groups in total. The molecule has 1 aliphatic rings. The van der Waals surface area contributed by atoms with Crippen LogP contribution in [0, 0.1) is 0 Å². The fourth-order valence-corrected chi connectivity index (χ4v) is 2.93. The van der Waals surface area contributed by atoms with Gasteiger partial charge in [0.1, 0.15) is 5.01 Å². The second-order valence-electron chi connectivity index (χ2n) is 5.04. The van der Waals surface area contributed by atoms with Crippen molar-refractivity contribution in [2.75, 3.05) is 26.2 Å². The third kappa shape index (κ3) is 3.34. The molecule has 1 aromatic heterocycles. The van der Waals surface area contributed by atoms with E-state index in [0.29, 0.717) is 13.1 Å². The SMILES string of the molecule is CC[C@@](C)(NCC(=O)N1CCNC(=O)C1)c1nccs1. The van der Waals surface area contributed by atoms with Gasteiger partial charge in [0.05, 0.1) is 18.6 Å². The van der Waals surface area contributed by atoms with E-state index in [1.807, 2.05) is 12.3 Å². The molecule has 0 saturated carbocycles. The summed E-state index contributed by atoms with van der Waals surface area (Å²) in [6, 6.07) is 0. The molecule has 6 nitrogen and oxygen atoms in total. The molecule has 20 heavy (non-hydrogen) atoms. The molecule has 1 atom stereocenters. The van der Waals surface area contributed by atoms with Gasteiger partial charge in [-0.25, -0.2) is 4.98 Å². The van der Waals surface area contributed by atoms with Gasteiger partial charge < -0.3 is 10.2 Å². The molecule has 1 aromatic rings. The number of rotatable bonds is 5. The van der Waals surface area contributed by atoms with Gasteiger partial charge >= 0.3 is 0 Å². The summed E-state index contributed by atoms with van der Waals surface area (Å²) in [4.78, 5) is 29.3. The Morgan fingerprint density at radius 3 is 3.05 bits per heavy atom. The van der Waals surface area contributed by atoms with Crippen LogP contribution in [-0.2, 0) is 15.1 Å². The molecule has 2 heterocycles. The summed E-state index contributed by atoms with van der Waals surface area (Å²) < 4.78 is 0. The van der Waals surface area contributed by atoms with Crippen LogP contribution in [0.5, 0.6) is 0 Å². The Bertz CT molecular complexity index is 477. The van der Waals surface area contributed by atoms with Crippen LogP contribution >= 0.6 is 11.3 Å². The number of nitrogens with zero attached hydrogens (tertiary/aromatic N) is 2.